The van der Waals surface area contributed by atoms with Gasteiger partial charge in [-0.05, 0) is 36.5 Å². The molecular formula is C16H22N2O2S. The third-order valence-corrected chi connectivity index (χ3v) is 6.05. The highest BCUT2D eigenvalue weighted by Crippen LogP contribution is 2.37. The van der Waals surface area contributed by atoms with E-state index < -0.39 is 9.84 Å². The Balaban J connectivity index is 1.97. The first-order valence-corrected chi connectivity index (χ1v) is 8.97. The third kappa shape index (κ3) is 3.84. The third-order valence-electron chi connectivity index (χ3n) is 4.34. The molecule has 1 N–H and O–H groups in total. The molecule has 2 rings (SSSR count). The van der Waals surface area contributed by atoms with Crippen molar-refractivity contribution in [1.29, 1.82) is 5.26 Å². The Morgan fingerprint density at radius 2 is 2.19 bits per heavy atom. The molecule has 1 atom stereocenters. The van der Waals surface area contributed by atoms with Gasteiger partial charge in [0.25, 0.3) is 0 Å². The van der Waals surface area contributed by atoms with Gasteiger partial charge in [-0.1, -0.05) is 26.3 Å². The Labute approximate surface area is 127 Å². The van der Waals surface area contributed by atoms with Gasteiger partial charge in [-0.25, -0.2) is 8.42 Å². The molecule has 0 radical (unpaired) electrons. The van der Waals surface area contributed by atoms with Crippen molar-refractivity contribution < 1.29 is 8.42 Å². The zero-order valence-electron chi connectivity index (χ0n) is 12.6. The minimum Gasteiger partial charge on any atom is -0.312 e. The van der Waals surface area contributed by atoms with Crippen molar-refractivity contribution in [2.75, 3.05) is 12.3 Å². The fraction of sp³-hybridized carbons (Fsp3) is 0.562. The van der Waals surface area contributed by atoms with Crippen LogP contribution in [-0.4, -0.2) is 26.8 Å². The molecule has 0 aromatic heterocycles. The summed E-state index contributed by atoms with van der Waals surface area (Å²) < 4.78 is 24.6. The number of hydrogen-bond donors (Lipinski definition) is 1. The first-order chi connectivity index (χ1) is 9.85. The number of nitriles is 1. The number of nitrogens with one attached hydrogen (secondary N) is 1. The van der Waals surface area contributed by atoms with Gasteiger partial charge >= 0.3 is 0 Å². The first-order valence-electron chi connectivity index (χ1n) is 7.31. The van der Waals surface area contributed by atoms with Crippen molar-refractivity contribution in [3.63, 3.8) is 0 Å². The summed E-state index contributed by atoms with van der Waals surface area (Å²) in [7, 11) is -3.34. The molecule has 1 aliphatic rings. The Hall–Kier alpha value is -1.38. The largest absolute Gasteiger partial charge is 0.312 e. The number of hydrogen-bond acceptors (Lipinski definition) is 4. The summed E-state index contributed by atoms with van der Waals surface area (Å²) in [4.78, 5) is 0.231. The maximum atomic E-state index is 12.3. The molecular weight excluding hydrogens is 284 g/mol. The molecule has 0 amide bonds. The molecule has 0 saturated heterocycles. The Morgan fingerprint density at radius 1 is 1.43 bits per heavy atom. The number of benzene rings is 1. The number of rotatable bonds is 5. The molecule has 21 heavy (non-hydrogen) atoms. The van der Waals surface area contributed by atoms with Crippen molar-refractivity contribution in [2.45, 2.75) is 44.0 Å². The van der Waals surface area contributed by atoms with Crippen LogP contribution in [0.3, 0.4) is 0 Å². The summed E-state index contributed by atoms with van der Waals surface area (Å²) >= 11 is 0. The average molecular weight is 306 g/mol. The molecule has 1 aliphatic carbocycles. The Bertz CT molecular complexity index is 644. The normalized spacial score (nSPS) is 21.1. The van der Waals surface area contributed by atoms with Crippen molar-refractivity contribution in [2.24, 2.45) is 5.41 Å². The van der Waals surface area contributed by atoms with E-state index >= 15 is 0 Å². The van der Waals surface area contributed by atoms with Crippen LogP contribution < -0.4 is 5.32 Å². The second-order valence-electron chi connectivity index (χ2n) is 6.35. The smallest absolute Gasteiger partial charge is 0.179 e. The van der Waals surface area contributed by atoms with Crippen LogP contribution in [0.2, 0.25) is 0 Å². The van der Waals surface area contributed by atoms with Gasteiger partial charge in [-0.3, -0.25) is 0 Å². The van der Waals surface area contributed by atoms with Crippen LogP contribution in [0.5, 0.6) is 0 Å². The van der Waals surface area contributed by atoms with Crippen LogP contribution in [0.1, 0.15) is 38.7 Å². The molecule has 1 unspecified atom stereocenters. The highest BCUT2D eigenvalue weighted by molar-refractivity contribution is 7.91. The van der Waals surface area contributed by atoms with Crippen molar-refractivity contribution >= 4 is 9.84 Å². The molecule has 114 valence electrons. The Kier molecular flexibility index (Phi) is 4.70. The first kappa shape index (κ1) is 16.0. The van der Waals surface area contributed by atoms with Gasteiger partial charge in [0.1, 0.15) is 0 Å². The van der Waals surface area contributed by atoms with Crippen molar-refractivity contribution in [3.05, 3.63) is 29.8 Å². The molecule has 1 saturated carbocycles. The lowest BCUT2D eigenvalue weighted by molar-refractivity contribution is 0.288. The highest BCUT2D eigenvalue weighted by atomic mass is 32.2. The average Bonchev–Trinajstić information content (AvgIpc) is 2.78. The number of sulfone groups is 1. The molecule has 0 spiro atoms. The minimum absolute atomic E-state index is 0.0640. The highest BCUT2D eigenvalue weighted by Gasteiger charge is 2.34. The maximum Gasteiger partial charge on any atom is 0.179 e. The van der Waals surface area contributed by atoms with Gasteiger partial charge in [0, 0.05) is 12.6 Å². The lowest BCUT2D eigenvalue weighted by Gasteiger charge is -2.27. The summed E-state index contributed by atoms with van der Waals surface area (Å²) in [5.74, 6) is 0.0640. The van der Waals surface area contributed by atoms with E-state index in [1.54, 1.807) is 18.2 Å². The van der Waals surface area contributed by atoms with Crippen LogP contribution in [-0.2, 0) is 9.84 Å². The van der Waals surface area contributed by atoms with E-state index in [1.165, 1.54) is 18.9 Å². The van der Waals surface area contributed by atoms with Gasteiger partial charge in [-0.2, -0.15) is 5.26 Å². The zero-order valence-corrected chi connectivity index (χ0v) is 13.4. The van der Waals surface area contributed by atoms with E-state index in [-0.39, 0.29) is 16.1 Å². The van der Waals surface area contributed by atoms with Crippen LogP contribution >= 0.6 is 0 Å². The van der Waals surface area contributed by atoms with Crippen LogP contribution in [0, 0.1) is 16.7 Å². The fourth-order valence-corrected chi connectivity index (χ4v) is 4.16. The predicted octanol–water partition coefficient (Wildman–Crippen LogP) is 2.50. The van der Waals surface area contributed by atoms with Gasteiger partial charge in [0.15, 0.2) is 9.84 Å². The summed E-state index contributed by atoms with van der Waals surface area (Å²) in [6.07, 6.45) is 3.49. The topological polar surface area (TPSA) is 70.0 Å². The summed E-state index contributed by atoms with van der Waals surface area (Å²) in [6.45, 7) is 4.90. The van der Waals surface area contributed by atoms with Gasteiger partial charge in [0.2, 0.25) is 0 Å². The lowest BCUT2D eigenvalue weighted by Crippen LogP contribution is -2.40. The van der Waals surface area contributed by atoms with Crippen LogP contribution in [0.15, 0.2) is 29.2 Å². The van der Waals surface area contributed by atoms with Gasteiger partial charge < -0.3 is 5.32 Å². The molecule has 4 nitrogen and oxygen atoms in total. The quantitative estimate of drug-likeness (QED) is 0.907. The monoisotopic (exact) mass is 306 g/mol. The molecule has 5 heteroatoms. The molecule has 0 aliphatic heterocycles. The SMILES string of the molecule is CC1(C)CCCC1NCCS(=O)(=O)c1cccc(C#N)c1. The summed E-state index contributed by atoms with van der Waals surface area (Å²) in [6, 6.07) is 8.57. The standard InChI is InChI=1S/C16H22N2O2S/c1-16(2)8-4-7-15(16)18-9-10-21(19,20)14-6-3-5-13(11-14)12-17/h3,5-6,11,15,18H,4,7-10H2,1-2H3. The molecule has 0 bridgehead atoms. The summed E-state index contributed by atoms with van der Waals surface area (Å²) in [5.41, 5.74) is 0.616. The fourth-order valence-electron chi connectivity index (χ4n) is 2.95. The predicted molar refractivity (Wildman–Crippen MR) is 82.6 cm³/mol. The Morgan fingerprint density at radius 3 is 2.81 bits per heavy atom. The van der Waals surface area contributed by atoms with E-state index in [0.717, 1.165) is 6.42 Å². The van der Waals surface area contributed by atoms with Crippen LogP contribution in [0.25, 0.3) is 0 Å². The number of nitrogens with zero attached hydrogens (tertiary/aromatic N) is 1. The minimum atomic E-state index is -3.34. The van der Waals surface area contributed by atoms with Gasteiger partial charge in [0.05, 0.1) is 22.3 Å². The molecule has 1 aromatic rings. The van der Waals surface area contributed by atoms with Gasteiger partial charge in [-0.15, -0.1) is 0 Å². The van der Waals surface area contributed by atoms with E-state index in [2.05, 4.69) is 19.2 Å². The van der Waals surface area contributed by atoms with E-state index in [9.17, 15) is 8.42 Å². The lowest BCUT2D eigenvalue weighted by atomic mass is 9.87. The molecule has 0 heterocycles. The van der Waals surface area contributed by atoms with Crippen molar-refractivity contribution in [1.82, 2.24) is 5.32 Å². The second kappa shape index (κ2) is 6.17. The summed E-state index contributed by atoms with van der Waals surface area (Å²) in [5, 5.41) is 12.2. The zero-order chi connectivity index (χ0) is 15.5. The second-order valence-corrected chi connectivity index (χ2v) is 8.46. The van der Waals surface area contributed by atoms with Crippen molar-refractivity contribution in [3.8, 4) is 6.07 Å². The molecule has 1 aromatic carbocycles. The van der Waals surface area contributed by atoms with Crippen LogP contribution in [0.4, 0.5) is 0 Å². The molecule has 1 fully saturated rings. The van der Waals surface area contributed by atoms with E-state index in [4.69, 9.17) is 5.26 Å². The maximum absolute atomic E-state index is 12.3. The van der Waals surface area contributed by atoms with E-state index in [1.807, 2.05) is 6.07 Å². The van der Waals surface area contributed by atoms with E-state index in [0.29, 0.717) is 18.2 Å².